The molecule has 1 saturated carbocycles. The molecule has 342 valence electrons. The number of hydrogen-bond donors (Lipinski definition) is 0. The van der Waals surface area contributed by atoms with Gasteiger partial charge >= 0.3 is 0 Å². The van der Waals surface area contributed by atoms with Crippen LogP contribution in [0.3, 0.4) is 0 Å². The van der Waals surface area contributed by atoms with Gasteiger partial charge in [-0.2, -0.15) is 4.57 Å². The van der Waals surface area contributed by atoms with Gasteiger partial charge in [-0.1, -0.05) is 43.2 Å². The molecule has 5 aromatic carbocycles. The van der Waals surface area contributed by atoms with Crippen LogP contribution in [0.15, 0.2) is 48.9 Å². The second-order valence-electron chi connectivity index (χ2n) is 14.2. The zero-order valence-corrected chi connectivity index (χ0v) is 31.7. The minimum absolute atomic E-state index is 0.154. The molecule has 65 heavy (non-hydrogen) atoms. The Labute approximate surface area is 350 Å². The van der Waals surface area contributed by atoms with Crippen LogP contribution in [0.2, 0.25) is 0 Å². The summed E-state index contributed by atoms with van der Waals surface area (Å²) in [6, 6.07) is 9.49. The molecule has 6 aromatic rings. The van der Waals surface area contributed by atoms with E-state index in [9.17, 15) is 57.5 Å². The summed E-state index contributed by atoms with van der Waals surface area (Å²) in [6.45, 7) is 0.401. The number of carbonyl (C=O) groups excluding carboxylic acids is 1. The van der Waals surface area contributed by atoms with Crippen LogP contribution in [-0.2, 0) is 6.54 Å². The monoisotopic (exact) mass is 946 g/mol. The first-order valence-corrected chi connectivity index (χ1v) is 18.2. The standard InChI is InChI=1S/C24BF20.C17H19N2O/c26-5-1(6(27)14(35)21(42)13(5)34)25(2-7(28)15(36)22(43)16(37)8(2)29,3-9(30)17(38)23(44)18(39)10(3)31)4-11(32)19(40)24(45)20(41)12(4)33;20-17(15-8-2-1-3-9-15)13-19-11-10-18-12-16(19)14-6-4-5-7-14/h;1-3,8-12,14H,4-7,13H2/q-1;+1. The molecule has 7 rings (SSSR count). The van der Waals surface area contributed by atoms with Crippen molar-refractivity contribution in [3.8, 4) is 0 Å². The van der Waals surface area contributed by atoms with Gasteiger partial charge < -0.3 is 0 Å². The van der Waals surface area contributed by atoms with Gasteiger partial charge in [-0.15, -0.1) is 21.9 Å². The minimum atomic E-state index is -7.22. The first-order chi connectivity index (χ1) is 30.5. The highest BCUT2D eigenvalue weighted by molar-refractivity contribution is 7.20. The smallest absolute Gasteiger partial charge is 0.227 e. The van der Waals surface area contributed by atoms with Gasteiger partial charge in [-0.3, -0.25) is 9.78 Å². The van der Waals surface area contributed by atoms with E-state index in [4.69, 9.17) is 0 Å². The van der Waals surface area contributed by atoms with Crippen LogP contribution in [0.4, 0.5) is 87.8 Å². The van der Waals surface area contributed by atoms with E-state index in [0.29, 0.717) is 12.5 Å². The van der Waals surface area contributed by atoms with Gasteiger partial charge in [-0.05, 0) is 12.8 Å². The highest BCUT2D eigenvalue weighted by atomic mass is 19.2. The third-order valence-electron chi connectivity index (χ3n) is 10.8. The number of benzene rings is 5. The maximum absolute atomic E-state index is 15.4. The number of nitrogens with zero attached hydrogens (tertiary/aromatic N) is 2. The number of hydrogen-bond acceptors (Lipinski definition) is 2. The third-order valence-corrected chi connectivity index (χ3v) is 10.8. The molecular weight excluding hydrogens is 927 g/mol. The summed E-state index contributed by atoms with van der Waals surface area (Å²) in [7, 11) is 0. The predicted molar refractivity (Wildman–Crippen MR) is 186 cm³/mol. The molecule has 0 spiro atoms. The topological polar surface area (TPSA) is 33.8 Å². The van der Waals surface area contributed by atoms with Crippen LogP contribution in [0.1, 0.15) is 47.7 Å². The van der Waals surface area contributed by atoms with Crippen molar-refractivity contribution in [3.63, 3.8) is 0 Å². The average Bonchev–Trinajstić information content (AvgIpc) is 3.85. The molecule has 0 bridgehead atoms. The Kier molecular flexibility index (Phi) is 13.4. The Balaban J connectivity index is 0.000000289. The quantitative estimate of drug-likeness (QED) is 0.0383. The summed E-state index contributed by atoms with van der Waals surface area (Å²) in [4.78, 5) is 16.6. The maximum Gasteiger partial charge on any atom is 0.227 e. The molecular formula is C41H19BF20N2O. The molecule has 0 aliphatic heterocycles. The molecule has 0 unspecified atom stereocenters. The number of halogens is 20. The van der Waals surface area contributed by atoms with Crippen molar-refractivity contribution >= 4 is 33.8 Å². The lowest BCUT2D eigenvalue weighted by Crippen LogP contribution is -2.81. The van der Waals surface area contributed by atoms with E-state index < -0.39 is 144 Å². The van der Waals surface area contributed by atoms with Crippen molar-refractivity contribution in [1.82, 2.24) is 4.98 Å². The minimum Gasteiger partial charge on any atom is -0.287 e. The molecule has 1 fully saturated rings. The van der Waals surface area contributed by atoms with Gasteiger partial charge in [0.15, 0.2) is 76.0 Å². The number of Topliss-reactive ketones (excluding diaryl/α,β-unsaturated/α-hetero) is 1. The highest BCUT2D eigenvalue weighted by Gasteiger charge is 2.52. The molecule has 1 aromatic heterocycles. The predicted octanol–water partition coefficient (Wildman–Crippen LogP) is 8.76. The van der Waals surface area contributed by atoms with Crippen LogP contribution < -0.4 is 26.4 Å². The van der Waals surface area contributed by atoms with Crippen molar-refractivity contribution in [2.24, 2.45) is 0 Å². The SMILES string of the molecule is Fc1c(F)c(F)c([B-](c2c(F)c(F)c(F)c(F)c2F)(c2c(F)c(F)c(F)c(F)c2F)c2c(F)c(F)c(F)c(F)c2F)c(F)c1F.O=C(C[n+]1ccncc1C1CCCC1)c1ccccc1. The van der Waals surface area contributed by atoms with Crippen molar-refractivity contribution in [2.75, 3.05) is 0 Å². The first kappa shape index (κ1) is 48.0. The number of carbonyl (C=O) groups is 1. The molecule has 1 heterocycles. The van der Waals surface area contributed by atoms with Gasteiger partial charge in [0.25, 0.3) is 0 Å². The zero-order valence-electron chi connectivity index (χ0n) is 31.7. The Morgan fingerprint density at radius 3 is 1.06 bits per heavy atom. The number of aromatic nitrogens is 2. The van der Waals surface area contributed by atoms with Crippen LogP contribution in [0.25, 0.3) is 0 Å². The van der Waals surface area contributed by atoms with Gasteiger partial charge in [0.2, 0.25) is 18.0 Å². The summed E-state index contributed by atoms with van der Waals surface area (Å²) < 4.78 is 296. The summed E-state index contributed by atoms with van der Waals surface area (Å²) in [5.41, 5.74) is -12.4. The number of rotatable bonds is 8. The fraction of sp³-hybridized carbons (Fsp3) is 0.146. The van der Waals surface area contributed by atoms with E-state index in [-0.39, 0.29) is 5.78 Å². The molecule has 0 amide bonds. The second-order valence-corrected chi connectivity index (χ2v) is 14.2. The second kappa shape index (κ2) is 18.2. The van der Waals surface area contributed by atoms with E-state index in [1.54, 1.807) is 6.20 Å². The van der Waals surface area contributed by atoms with Crippen LogP contribution in [0.5, 0.6) is 0 Å². The average molecular weight is 946 g/mol. The normalized spacial score (nSPS) is 13.0. The lowest BCUT2D eigenvalue weighted by Gasteiger charge is -2.44. The largest absolute Gasteiger partial charge is 0.287 e. The van der Waals surface area contributed by atoms with Crippen LogP contribution >= 0.6 is 0 Å². The molecule has 1 aliphatic rings. The fourth-order valence-corrected chi connectivity index (χ4v) is 7.85. The van der Waals surface area contributed by atoms with E-state index in [1.807, 2.05) is 42.7 Å². The summed E-state index contributed by atoms with van der Waals surface area (Å²) in [5.74, 6) is -70.7. The first-order valence-electron chi connectivity index (χ1n) is 18.2. The zero-order chi connectivity index (χ0) is 48.1. The van der Waals surface area contributed by atoms with Crippen molar-refractivity contribution in [1.29, 1.82) is 0 Å². The van der Waals surface area contributed by atoms with Gasteiger partial charge in [0.1, 0.15) is 52.7 Å². The van der Waals surface area contributed by atoms with Gasteiger partial charge in [0.05, 0.1) is 12.4 Å². The fourth-order valence-electron chi connectivity index (χ4n) is 7.85. The lowest BCUT2D eigenvalue weighted by molar-refractivity contribution is -0.692. The molecule has 24 heteroatoms. The highest BCUT2D eigenvalue weighted by Crippen LogP contribution is 2.33. The Morgan fingerprint density at radius 2 is 0.754 bits per heavy atom. The third kappa shape index (κ3) is 7.72. The van der Waals surface area contributed by atoms with Crippen molar-refractivity contribution in [2.45, 2.75) is 38.1 Å². The van der Waals surface area contributed by atoms with Crippen molar-refractivity contribution < 1.29 is 97.2 Å². The van der Waals surface area contributed by atoms with E-state index in [2.05, 4.69) is 9.55 Å². The van der Waals surface area contributed by atoms with Crippen LogP contribution in [-0.4, -0.2) is 16.9 Å². The summed E-state index contributed by atoms with van der Waals surface area (Å²) in [6.07, 6.45) is 3.39. The molecule has 0 saturated heterocycles. The van der Waals surface area contributed by atoms with Crippen LogP contribution in [0, 0.1) is 116 Å². The van der Waals surface area contributed by atoms with E-state index >= 15 is 35.1 Å². The van der Waals surface area contributed by atoms with E-state index in [1.165, 1.54) is 31.4 Å². The Bertz CT molecular complexity index is 2510. The van der Waals surface area contributed by atoms with Gasteiger partial charge in [0, 0.05) is 11.5 Å². The molecule has 0 atom stereocenters. The number of ketones is 1. The lowest BCUT2D eigenvalue weighted by atomic mass is 9.12. The Hall–Kier alpha value is -6.49. The van der Waals surface area contributed by atoms with E-state index in [0.717, 1.165) is 5.56 Å². The van der Waals surface area contributed by atoms with Crippen molar-refractivity contribution in [3.05, 3.63) is 177 Å². The van der Waals surface area contributed by atoms with Gasteiger partial charge in [-0.25, -0.2) is 87.8 Å². The molecule has 0 radical (unpaired) electrons. The molecule has 0 N–H and O–H groups in total. The maximum atomic E-state index is 15.4. The summed E-state index contributed by atoms with van der Waals surface area (Å²) >= 11 is 0. The molecule has 3 nitrogen and oxygen atoms in total. The molecule has 1 aliphatic carbocycles. The Morgan fingerprint density at radius 1 is 0.462 bits per heavy atom. The summed E-state index contributed by atoms with van der Waals surface area (Å²) in [5, 5.41) is 0.